The van der Waals surface area contributed by atoms with Crippen molar-refractivity contribution in [2.75, 3.05) is 13.1 Å². The van der Waals surface area contributed by atoms with Crippen molar-refractivity contribution in [3.8, 4) is 0 Å². The Bertz CT molecular complexity index is 419. The number of amides is 1. The molecule has 5 N–H and O–H groups in total. The number of carbonyl (C=O) groups is 1. The highest BCUT2D eigenvalue weighted by molar-refractivity contribution is 5.79. The summed E-state index contributed by atoms with van der Waals surface area (Å²) in [7, 11) is 0. The highest BCUT2D eigenvalue weighted by Crippen LogP contribution is 2.24. The third-order valence-corrected chi connectivity index (χ3v) is 5.76. The molecule has 3 aliphatic rings. The SMILES string of the molecule is CC1CC(N2CCC(C(=O)NC3CCCCC3F)CC2)NC(N)N1. The first-order valence-electron chi connectivity index (χ1n) is 9.49. The molecule has 2 saturated heterocycles. The molecular weight excluding hydrogens is 309 g/mol. The van der Waals surface area contributed by atoms with Crippen molar-refractivity contribution in [2.45, 2.75) is 82.6 Å². The second-order valence-electron chi connectivity index (χ2n) is 7.69. The normalized spacial score (nSPS) is 39.5. The first kappa shape index (κ1) is 18.0. The molecule has 5 unspecified atom stereocenters. The van der Waals surface area contributed by atoms with Crippen LogP contribution in [0, 0.1) is 5.92 Å². The summed E-state index contributed by atoms with van der Waals surface area (Å²) in [5.74, 6) is 0.0655. The molecule has 1 saturated carbocycles. The molecule has 0 aromatic carbocycles. The standard InChI is InChI=1S/C17H32FN5O/c1-11-10-15(22-17(19)20-11)23-8-6-12(7-9-23)16(24)21-14-5-3-2-4-13(14)18/h11-15,17,20,22H,2-10,19H2,1H3,(H,21,24). The Morgan fingerprint density at radius 1 is 1.17 bits per heavy atom. The van der Waals surface area contributed by atoms with E-state index in [0.29, 0.717) is 12.5 Å². The molecule has 24 heavy (non-hydrogen) atoms. The van der Waals surface area contributed by atoms with E-state index in [1.54, 1.807) is 0 Å². The molecule has 138 valence electrons. The van der Waals surface area contributed by atoms with Crippen LogP contribution in [0.3, 0.4) is 0 Å². The van der Waals surface area contributed by atoms with Crippen LogP contribution in [0.1, 0.15) is 51.9 Å². The smallest absolute Gasteiger partial charge is 0.223 e. The molecule has 7 heteroatoms. The molecule has 0 radical (unpaired) electrons. The summed E-state index contributed by atoms with van der Waals surface area (Å²) in [6, 6.07) is 0.120. The van der Waals surface area contributed by atoms with Gasteiger partial charge in [-0.25, -0.2) is 4.39 Å². The molecule has 0 aromatic heterocycles. The first-order valence-corrected chi connectivity index (χ1v) is 9.49. The van der Waals surface area contributed by atoms with Gasteiger partial charge < -0.3 is 11.1 Å². The Kier molecular flexibility index (Phi) is 6.07. The van der Waals surface area contributed by atoms with Gasteiger partial charge in [-0.2, -0.15) is 0 Å². The van der Waals surface area contributed by atoms with Gasteiger partial charge in [0.1, 0.15) is 12.5 Å². The molecule has 6 nitrogen and oxygen atoms in total. The number of nitrogens with one attached hydrogen (secondary N) is 3. The molecule has 1 aliphatic carbocycles. The Labute approximate surface area is 144 Å². The van der Waals surface area contributed by atoms with Crippen LogP contribution in [0.5, 0.6) is 0 Å². The van der Waals surface area contributed by atoms with Crippen molar-refractivity contribution in [3.05, 3.63) is 0 Å². The lowest BCUT2D eigenvalue weighted by Crippen LogP contribution is -2.66. The van der Waals surface area contributed by atoms with Crippen LogP contribution in [0.2, 0.25) is 0 Å². The first-order chi connectivity index (χ1) is 11.5. The van der Waals surface area contributed by atoms with Gasteiger partial charge in [0.15, 0.2) is 0 Å². The summed E-state index contributed by atoms with van der Waals surface area (Å²) in [4.78, 5) is 14.8. The van der Waals surface area contributed by atoms with Gasteiger partial charge in [0.2, 0.25) is 5.91 Å². The van der Waals surface area contributed by atoms with E-state index in [2.05, 4.69) is 27.8 Å². The highest BCUT2D eigenvalue weighted by atomic mass is 19.1. The lowest BCUT2D eigenvalue weighted by Gasteiger charge is -2.43. The van der Waals surface area contributed by atoms with Gasteiger partial charge in [0, 0.05) is 25.0 Å². The van der Waals surface area contributed by atoms with E-state index in [1.807, 2.05) is 0 Å². The van der Waals surface area contributed by atoms with Gasteiger partial charge in [0.05, 0.1) is 12.2 Å². The van der Waals surface area contributed by atoms with Gasteiger partial charge >= 0.3 is 0 Å². The number of alkyl halides is 1. The molecule has 1 amide bonds. The fourth-order valence-corrected chi connectivity index (χ4v) is 4.31. The van der Waals surface area contributed by atoms with E-state index >= 15 is 0 Å². The van der Waals surface area contributed by atoms with Crippen molar-refractivity contribution in [3.63, 3.8) is 0 Å². The Hall–Kier alpha value is -0.760. The summed E-state index contributed by atoms with van der Waals surface area (Å²) in [5, 5.41) is 9.61. The van der Waals surface area contributed by atoms with Crippen molar-refractivity contribution >= 4 is 5.91 Å². The third-order valence-electron chi connectivity index (χ3n) is 5.76. The minimum absolute atomic E-state index is 0.0168. The minimum Gasteiger partial charge on any atom is -0.350 e. The molecule has 0 aromatic rings. The topological polar surface area (TPSA) is 82.4 Å². The van der Waals surface area contributed by atoms with Crippen LogP contribution in [0.25, 0.3) is 0 Å². The van der Waals surface area contributed by atoms with Gasteiger partial charge in [-0.05, 0) is 39.0 Å². The van der Waals surface area contributed by atoms with Crippen LogP contribution >= 0.6 is 0 Å². The fraction of sp³-hybridized carbons (Fsp3) is 0.941. The van der Waals surface area contributed by atoms with Crippen molar-refractivity contribution in [2.24, 2.45) is 11.7 Å². The van der Waals surface area contributed by atoms with Crippen LogP contribution in [0.15, 0.2) is 0 Å². The molecule has 0 bridgehead atoms. The van der Waals surface area contributed by atoms with Crippen molar-refractivity contribution in [1.82, 2.24) is 20.9 Å². The number of rotatable bonds is 3. The van der Waals surface area contributed by atoms with Crippen molar-refractivity contribution < 1.29 is 9.18 Å². The predicted molar refractivity (Wildman–Crippen MR) is 91.7 cm³/mol. The van der Waals surface area contributed by atoms with Gasteiger partial charge in [0.25, 0.3) is 0 Å². The number of carbonyl (C=O) groups excluding carboxylic acids is 1. The number of hydrogen-bond acceptors (Lipinski definition) is 5. The lowest BCUT2D eigenvalue weighted by molar-refractivity contribution is -0.128. The minimum atomic E-state index is -0.871. The average Bonchev–Trinajstić information content (AvgIpc) is 2.56. The van der Waals surface area contributed by atoms with Crippen molar-refractivity contribution in [1.29, 1.82) is 0 Å². The van der Waals surface area contributed by atoms with E-state index in [0.717, 1.165) is 51.6 Å². The Balaban J connectivity index is 1.45. The molecular formula is C17H32FN5O. The highest BCUT2D eigenvalue weighted by Gasteiger charge is 2.34. The van der Waals surface area contributed by atoms with Crippen LogP contribution in [0.4, 0.5) is 4.39 Å². The monoisotopic (exact) mass is 341 g/mol. The number of halogens is 1. The quantitative estimate of drug-likeness (QED) is 0.605. The Morgan fingerprint density at radius 2 is 1.88 bits per heavy atom. The number of nitrogens with two attached hydrogens (primary N) is 1. The molecule has 0 spiro atoms. The zero-order chi connectivity index (χ0) is 17.1. The molecule has 3 rings (SSSR count). The largest absolute Gasteiger partial charge is 0.350 e. The van der Waals surface area contributed by atoms with Crippen LogP contribution in [-0.2, 0) is 4.79 Å². The van der Waals surface area contributed by atoms with Gasteiger partial charge in [-0.1, -0.05) is 12.8 Å². The lowest BCUT2D eigenvalue weighted by atomic mass is 9.91. The van der Waals surface area contributed by atoms with Gasteiger partial charge in [-0.15, -0.1) is 0 Å². The average molecular weight is 341 g/mol. The van der Waals surface area contributed by atoms with E-state index in [-0.39, 0.29) is 30.3 Å². The summed E-state index contributed by atoms with van der Waals surface area (Å²) in [6.45, 7) is 3.92. The number of hydrogen-bond donors (Lipinski definition) is 4. The zero-order valence-corrected chi connectivity index (χ0v) is 14.6. The van der Waals surface area contributed by atoms with E-state index in [1.165, 1.54) is 0 Å². The van der Waals surface area contributed by atoms with E-state index < -0.39 is 6.17 Å². The van der Waals surface area contributed by atoms with Crippen LogP contribution < -0.4 is 21.7 Å². The Morgan fingerprint density at radius 3 is 2.54 bits per heavy atom. The third kappa shape index (κ3) is 4.45. The maximum Gasteiger partial charge on any atom is 0.223 e. The summed E-state index contributed by atoms with van der Waals surface area (Å²) in [5.41, 5.74) is 5.97. The number of nitrogens with zero attached hydrogens (tertiary/aromatic N) is 1. The molecule has 3 fully saturated rings. The van der Waals surface area contributed by atoms with Crippen LogP contribution in [-0.4, -0.2) is 54.6 Å². The maximum atomic E-state index is 13.9. The second-order valence-corrected chi connectivity index (χ2v) is 7.69. The second kappa shape index (κ2) is 8.08. The maximum absolute atomic E-state index is 13.9. The van der Waals surface area contributed by atoms with E-state index in [9.17, 15) is 9.18 Å². The molecule has 2 heterocycles. The predicted octanol–water partition coefficient (Wildman–Crippen LogP) is 0.635. The molecule has 5 atom stereocenters. The summed E-state index contributed by atoms with van der Waals surface area (Å²) in [6.07, 6.45) is 5.24. The van der Waals surface area contributed by atoms with E-state index in [4.69, 9.17) is 5.73 Å². The molecule has 2 aliphatic heterocycles. The zero-order valence-electron chi connectivity index (χ0n) is 14.6. The summed E-state index contributed by atoms with van der Waals surface area (Å²) < 4.78 is 13.9. The fourth-order valence-electron chi connectivity index (χ4n) is 4.31. The number of likely N-dealkylation sites (tertiary alicyclic amines) is 1. The number of piperidine rings is 1. The van der Waals surface area contributed by atoms with Gasteiger partial charge in [-0.3, -0.25) is 20.3 Å². The summed E-state index contributed by atoms with van der Waals surface area (Å²) >= 11 is 0.